The average Bonchev–Trinajstić information content (AvgIpc) is 3.42. The maximum absolute atomic E-state index is 12.7. The lowest BCUT2D eigenvalue weighted by molar-refractivity contribution is 0.0785. The van der Waals surface area contributed by atoms with Crippen molar-refractivity contribution in [2.24, 2.45) is 0 Å². The molecule has 0 aliphatic carbocycles. The molecule has 2 aromatic heterocycles. The molecule has 0 atom stereocenters. The summed E-state index contributed by atoms with van der Waals surface area (Å²) in [4.78, 5) is 14.4. The maximum Gasteiger partial charge on any atom is 0.253 e. The second-order valence-corrected chi connectivity index (χ2v) is 6.08. The maximum atomic E-state index is 12.7. The van der Waals surface area contributed by atoms with Crippen LogP contribution in [-0.4, -0.2) is 47.8 Å². The number of benzene rings is 2. The van der Waals surface area contributed by atoms with Gasteiger partial charge in [0.25, 0.3) is 5.91 Å². The highest BCUT2D eigenvalue weighted by molar-refractivity contribution is 5.94. The number of hydrogen-bond acceptors (Lipinski definition) is 5. The molecule has 134 valence electrons. The van der Waals surface area contributed by atoms with E-state index in [-0.39, 0.29) is 5.91 Å². The van der Waals surface area contributed by atoms with Gasteiger partial charge in [0.2, 0.25) is 0 Å². The fourth-order valence-corrected chi connectivity index (χ4v) is 2.78. The fourth-order valence-electron chi connectivity index (χ4n) is 2.78. The van der Waals surface area contributed by atoms with Crippen LogP contribution in [0.1, 0.15) is 15.9 Å². The molecule has 8 heteroatoms. The first kappa shape index (κ1) is 16.6. The van der Waals surface area contributed by atoms with E-state index in [9.17, 15) is 4.79 Å². The molecule has 0 unspecified atom stereocenters. The van der Waals surface area contributed by atoms with Crippen LogP contribution >= 0.6 is 0 Å². The predicted molar refractivity (Wildman–Crippen MR) is 98.5 cm³/mol. The quantitative estimate of drug-likeness (QED) is 0.545. The van der Waals surface area contributed by atoms with Crippen LogP contribution in [0.25, 0.3) is 11.4 Å². The molecule has 2 heterocycles. The highest BCUT2D eigenvalue weighted by Crippen LogP contribution is 2.13. The molecule has 4 aromatic rings. The summed E-state index contributed by atoms with van der Waals surface area (Å²) in [7, 11) is 1.79. The molecule has 0 fully saturated rings. The zero-order valence-corrected chi connectivity index (χ0v) is 14.7. The summed E-state index contributed by atoms with van der Waals surface area (Å²) in [6.45, 7) is 0.521. The Morgan fingerprint density at radius 1 is 1.00 bits per heavy atom. The van der Waals surface area contributed by atoms with Gasteiger partial charge in [-0.15, -0.1) is 5.10 Å². The topological polar surface area (TPSA) is 81.7 Å². The van der Waals surface area contributed by atoms with Crippen LogP contribution in [0.5, 0.6) is 0 Å². The number of tetrazole rings is 1. The lowest BCUT2D eigenvalue weighted by Gasteiger charge is -2.18. The van der Waals surface area contributed by atoms with Crippen LogP contribution in [0.3, 0.4) is 0 Å². The summed E-state index contributed by atoms with van der Waals surface area (Å²) >= 11 is 0. The van der Waals surface area contributed by atoms with E-state index in [2.05, 4.69) is 20.6 Å². The number of hydrogen-bond donors (Lipinski definition) is 0. The lowest BCUT2D eigenvalue weighted by atomic mass is 10.1. The van der Waals surface area contributed by atoms with E-state index in [1.165, 1.54) is 6.33 Å². The Bertz CT molecular complexity index is 1010. The Kier molecular flexibility index (Phi) is 4.44. The van der Waals surface area contributed by atoms with Gasteiger partial charge in [-0.1, -0.05) is 12.1 Å². The normalized spacial score (nSPS) is 10.7. The van der Waals surface area contributed by atoms with Gasteiger partial charge in [-0.3, -0.25) is 4.79 Å². The monoisotopic (exact) mass is 359 g/mol. The van der Waals surface area contributed by atoms with Gasteiger partial charge in [0, 0.05) is 31.5 Å². The number of carbonyl (C=O) groups is 1. The van der Waals surface area contributed by atoms with Crippen molar-refractivity contribution in [3.63, 3.8) is 0 Å². The number of carbonyl (C=O) groups excluding carboxylic acids is 1. The molecule has 0 aliphatic heterocycles. The molecular formula is C19H17N7O. The van der Waals surface area contributed by atoms with E-state index in [4.69, 9.17) is 0 Å². The zero-order valence-electron chi connectivity index (χ0n) is 14.7. The van der Waals surface area contributed by atoms with E-state index in [0.717, 1.165) is 16.9 Å². The third-order valence-electron chi connectivity index (χ3n) is 4.20. The Balaban J connectivity index is 1.43. The van der Waals surface area contributed by atoms with Gasteiger partial charge in [0.15, 0.2) is 0 Å². The van der Waals surface area contributed by atoms with Gasteiger partial charge in [0.1, 0.15) is 6.33 Å². The summed E-state index contributed by atoms with van der Waals surface area (Å²) < 4.78 is 3.34. The minimum Gasteiger partial charge on any atom is -0.337 e. The van der Waals surface area contributed by atoms with E-state index in [1.54, 1.807) is 39.6 Å². The van der Waals surface area contributed by atoms with E-state index >= 15 is 0 Å². The van der Waals surface area contributed by atoms with E-state index in [0.29, 0.717) is 12.1 Å². The predicted octanol–water partition coefficient (Wildman–Crippen LogP) is 2.12. The molecule has 0 aliphatic rings. The number of amides is 1. The minimum atomic E-state index is -0.0468. The first-order chi connectivity index (χ1) is 13.2. The molecule has 4 rings (SSSR count). The van der Waals surface area contributed by atoms with Crippen molar-refractivity contribution in [1.82, 2.24) is 34.9 Å². The van der Waals surface area contributed by atoms with Crippen LogP contribution in [0.2, 0.25) is 0 Å². The van der Waals surface area contributed by atoms with Crippen LogP contribution < -0.4 is 0 Å². The van der Waals surface area contributed by atoms with E-state index in [1.807, 2.05) is 48.7 Å². The number of rotatable bonds is 5. The molecule has 0 radical (unpaired) electrons. The molecule has 2 aromatic carbocycles. The van der Waals surface area contributed by atoms with Crippen molar-refractivity contribution in [2.45, 2.75) is 6.54 Å². The van der Waals surface area contributed by atoms with Crippen molar-refractivity contribution in [3.05, 3.63) is 84.4 Å². The SMILES string of the molecule is CN(Cc1ccc(-n2cccn2)cc1)C(=O)c1ccc(-n2cnnn2)cc1. The van der Waals surface area contributed by atoms with Gasteiger partial charge in [-0.05, 0) is 58.5 Å². The number of nitrogens with zero attached hydrogens (tertiary/aromatic N) is 7. The summed E-state index contributed by atoms with van der Waals surface area (Å²) in [6, 6.07) is 17.0. The highest BCUT2D eigenvalue weighted by Gasteiger charge is 2.12. The third-order valence-corrected chi connectivity index (χ3v) is 4.20. The molecule has 0 spiro atoms. The van der Waals surface area contributed by atoms with Crippen LogP contribution in [0.15, 0.2) is 73.3 Å². The molecule has 0 saturated heterocycles. The molecule has 0 bridgehead atoms. The van der Waals surface area contributed by atoms with Gasteiger partial charge in [-0.25, -0.2) is 9.36 Å². The smallest absolute Gasteiger partial charge is 0.253 e. The van der Waals surface area contributed by atoms with Crippen molar-refractivity contribution < 1.29 is 4.79 Å². The van der Waals surface area contributed by atoms with Crippen LogP contribution in [0, 0.1) is 0 Å². The standard InChI is InChI=1S/C19H17N7O/c1-24(13-15-3-7-17(8-4-15)25-12-2-11-21-25)19(27)16-5-9-18(10-6-16)26-14-20-22-23-26/h2-12,14H,13H2,1H3. The Hall–Kier alpha value is -3.81. The molecule has 0 saturated carbocycles. The van der Waals surface area contributed by atoms with Crippen molar-refractivity contribution in [3.8, 4) is 11.4 Å². The summed E-state index contributed by atoms with van der Waals surface area (Å²) in [5, 5.41) is 15.3. The van der Waals surface area contributed by atoms with Gasteiger partial charge < -0.3 is 4.90 Å². The lowest BCUT2D eigenvalue weighted by Crippen LogP contribution is -2.26. The molecule has 1 amide bonds. The fraction of sp³-hybridized carbons (Fsp3) is 0.105. The van der Waals surface area contributed by atoms with Crippen LogP contribution in [-0.2, 0) is 6.54 Å². The Labute approximate surface area is 155 Å². The van der Waals surface area contributed by atoms with Crippen molar-refractivity contribution in [2.75, 3.05) is 7.05 Å². The molecular weight excluding hydrogens is 342 g/mol. The summed E-state index contributed by atoms with van der Waals surface area (Å²) in [5.41, 5.74) is 3.44. The first-order valence-corrected chi connectivity index (χ1v) is 8.38. The second-order valence-electron chi connectivity index (χ2n) is 6.08. The minimum absolute atomic E-state index is 0.0468. The van der Waals surface area contributed by atoms with Gasteiger partial charge in [-0.2, -0.15) is 5.10 Å². The highest BCUT2D eigenvalue weighted by atomic mass is 16.2. The Morgan fingerprint density at radius 2 is 1.70 bits per heavy atom. The van der Waals surface area contributed by atoms with Crippen LogP contribution in [0.4, 0.5) is 0 Å². The summed E-state index contributed by atoms with van der Waals surface area (Å²) in [5.74, 6) is -0.0468. The molecule has 0 N–H and O–H groups in total. The molecule has 27 heavy (non-hydrogen) atoms. The Morgan fingerprint density at radius 3 is 2.33 bits per heavy atom. The largest absolute Gasteiger partial charge is 0.337 e. The zero-order chi connectivity index (χ0) is 18.6. The van der Waals surface area contributed by atoms with Gasteiger partial charge in [0.05, 0.1) is 11.4 Å². The molecule has 8 nitrogen and oxygen atoms in total. The second kappa shape index (κ2) is 7.20. The average molecular weight is 359 g/mol. The first-order valence-electron chi connectivity index (χ1n) is 8.38. The number of aromatic nitrogens is 6. The van der Waals surface area contributed by atoms with Crippen molar-refractivity contribution >= 4 is 5.91 Å². The third kappa shape index (κ3) is 3.59. The summed E-state index contributed by atoms with van der Waals surface area (Å²) in [6.07, 6.45) is 5.14. The van der Waals surface area contributed by atoms with Crippen molar-refractivity contribution in [1.29, 1.82) is 0 Å². The van der Waals surface area contributed by atoms with E-state index < -0.39 is 0 Å². The van der Waals surface area contributed by atoms with Gasteiger partial charge >= 0.3 is 0 Å².